The van der Waals surface area contributed by atoms with Gasteiger partial charge in [0, 0.05) is 17.9 Å². The van der Waals surface area contributed by atoms with Crippen LogP contribution in [0, 0.1) is 0 Å². The topological polar surface area (TPSA) is 46.2 Å². The molecule has 1 aromatic heterocycles. The molecule has 1 fully saturated rings. The minimum atomic E-state index is 0.525. The molecule has 19 heavy (non-hydrogen) atoms. The number of methoxy groups -OCH3 is 1. The van der Waals surface area contributed by atoms with E-state index in [0.29, 0.717) is 11.9 Å². The van der Waals surface area contributed by atoms with Gasteiger partial charge < -0.3 is 15.4 Å². The highest BCUT2D eigenvalue weighted by Crippen LogP contribution is 2.31. The van der Waals surface area contributed by atoms with Crippen LogP contribution in [0.25, 0.3) is 10.8 Å². The Morgan fingerprint density at radius 3 is 2.89 bits per heavy atom. The number of aromatic nitrogens is 1. The van der Waals surface area contributed by atoms with Crippen LogP contribution in [-0.4, -0.2) is 31.2 Å². The van der Waals surface area contributed by atoms with Gasteiger partial charge in [-0.05, 0) is 43.5 Å². The molecule has 0 saturated carbocycles. The third-order valence-corrected chi connectivity index (χ3v) is 3.65. The number of benzene rings is 1. The number of piperidine rings is 1. The van der Waals surface area contributed by atoms with Gasteiger partial charge in [0.25, 0.3) is 0 Å². The molecule has 0 amide bonds. The maximum atomic E-state index is 5.39. The van der Waals surface area contributed by atoms with Crippen molar-refractivity contribution in [2.45, 2.75) is 18.9 Å². The van der Waals surface area contributed by atoms with E-state index in [2.05, 4.69) is 33.8 Å². The smallest absolute Gasteiger partial charge is 0.223 e. The zero-order valence-electron chi connectivity index (χ0n) is 11.1. The highest BCUT2D eigenvalue weighted by atomic mass is 16.5. The minimum Gasteiger partial charge on any atom is -0.480 e. The molecule has 1 aliphatic rings. The average Bonchev–Trinajstić information content (AvgIpc) is 2.48. The summed E-state index contributed by atoms with van der Waals surface area (Å²) in [7, 11) is 1.67. The number of hydrogen-bond donors (Lipinski definition) is 2. The predicted octanol–water partition coefficient (Wildman–Crippen LogP) is 2.41. The lowest BCUT2D eigenvalue weighted by molar-refractivity contribution is 0.403. The highest BCUT2D eigenvalue weighted by molar-refractivity contribution is 5.97. The molecule has 1 saturated heterocycles. The molecule has 3 rings (SSSR count). The molecule has 0 radical (unpaired) electrons. The van der Waals surface area contributed by atoms with Crippen LogP contribution in [0.2, 0.25) is 0 Å². The van der Waals surface area contributed by atoms with Gasteiger partial charge in [-0.1, -0.05) is 12.1 Å². The lowest BCUT2D eigenvalue weighted by Crippen LogP contribution is -2.35. The van der Waals surface area contributed by atoms with E-state index in [4.69, 9.17) is 4.74 Å². The molecule has 2 heterocycles. The third kappa shape index (κ3) is 2.49. The van der Waals surface area contributed by atoms with Crippen molar-refractivity contribution in [1.29, 1.82) is 0 Å². The van der Waals surface area contributed by atoms with Gasteiger partial charge in [-0.2, -0.15) is 0 Å². The van der Waals surface area contributed by atoms with E-state index in [1.54, 1.807) is 13.3 Å². The molecule has 0 atom stereocenters. The van der Waals surface area contributed by atoms with E-state index in [1.165, 1.54) is 0 Å². The Bertz CT molecular complexity index is 559. The van der Waals surface area contributed by atoms with E-state index < -0.39 is 0 Å². The first kappa shape index (κ1) is 12.2. The van der Waals surface area contributed by atoms with E-state index in [0.717, 1.165) is 42.4 Å². The molecule has 4 nitrogen and oxygen atoms in total. The van der Waals surface area contributed by atoms with E-state index in [1.807, 2.05) is 6.07 Å². The zero-order chi connectivity index (χ0) is 13.1. The molecular weight excluding hydrogens is 238 g/mol. The van der Waals surface area contributed by atoms with Crippen molar-refractivity contribution < 1.29 is 4.74 Å². The molecule has 0 aliphatic carbocycles. The van der Waals surface area contributed by atoms with Crippen LogP contribution >= 0.6 is 0 Å². The van der Waals surface area contributed by atoms with Crippen LogP contribution in [0.15, 0.2) is 30.5 Å². The number of rotatable bonds is 3. The minimum absolute atomic E-state index is 0.525. The van der Waals surface area contributed by atoms with Crippen molar-refractivity contribution in [2.75, 3.05) is 25.5 Å². The van der Waals surface area contributed by atoms with Gasteiger partial charge in [-0.3, -0.25) is 0 Å². The standard InChI is InChI=1S/C15H19N3O/c1-19-15-14-11(5-10-17-15)3-2-4-13(14)18-12-6-8-16-9-7-12/h2-5,10,12,16,18H,6-9H2,1H3. The average molecular weight is 257 g/mol. The lowest BCUT2D eigenvalue weighted by atomic mass is 10.0. The Hall–Kier alpha value is -1.81. The fourth-order valence-corrected chi connectivity index (χ4v) is 2.66. The monoisotopic (exact) mass is 257 g/mol. The van der Waals surface area contributed by atoms with Crippen molar-refractivity contribution in [2.24, 2.45) is 0 Å². The Kier molecular flexibility index (Phi) is 3.51. The third-order valence-electron chi connectivity index (χ3n) is 3.65. The molecule has 1 aliphatic heterocycles. The number of hydrogen-bond acceptors (Lipinski definition) is 4. The zero-order valence-corrected chi connectivity index (χ0v) is 11.1. The van der Waals surface area contributed by atoms with Crippen molar-refractivity contribution in [3.8, 4) is 5.88 Å². The van der Waals surface area contributed by atoms with Gasteiger partial charge in [0.2, 0.25) is 5.88 Å². The largest absolute Gasteiger partial charge is 0.480 e. The molecule has 0 bridgehead atoms. The Morgan fingerprint density at radius 2 is 2.11 bits per heavy atom. The second kappa shape index (κ2) is 5.45. The van der Waals surface area contributed by atoms with Gasteiger partial charge in [-0.25, -0.2) is 4.98 Å². The van der Waals surface area contributed by atoms with Gasteiger partial charge in [0.15, 0.2) is 0 Å². The van der Waals surface area contributed by atoms with Crippen LogP contribution in [0.5, 0.6) is 5.88 Å². The van der Waals surface area contributed by atoms with Gasteiger partial charge >= 0.3 is 0 Å². The molecule has 2 aromatic rings. The summed E-state index contributed by atoms with van der Waals surface area (Å²) in [5.74, 6) is 0.689. The maximum absolute atomic E-state index is 5.39. The number of nitrogens with zero attached hydrogens (tertiary/aromatic N) is 1. The summed E-state index contributed by atoms with van der Waals surface area (Å²) >= 11 is 0. The fourth-order valence-electron chi connectivity index (χ4n) is 2.66. The van der Waals surface area contributed by atoms with Gasteiger partial charge in [0.1, 0.15) is 0 Å². The summed E-state index contributed by atoms with van der Waals surface area (Å²) in [4.78, 5) is 4.30. The predicted molar refractivity (Wildman–Crippen MR) is 77.8 cm³/mol. The summed E-state index contributed by atoms with van der Waals surface area (Å²) in [5, 5.41) is 9.25. The van der Waals surface area contributed by atoms with Crippen LogP contribution in [0.1, 0.15) is 12.8 Å². The summed E-state index contributed by atoms with van der Waals surface area (Å²) in [6.45, 7) is 2.16. The second-order valence-electron chi connectivity index (χ2n) is 4.89. The van der Waals surface area contributed by atoms with Crippen LogP contribution < -0.4 is 15.4 Å². The van der Waals surface area contributed by atoms with E-state index in [-0.39, 0.29) is 0 Å². The first-order valence-electron chi connectivity index (χ1n) is 6.77. The maximum Gasteiger partial charge on any atom is 0.223 e. The lowest BCUT2D eigenvalue weighted by Gasteiger charge is -2.25. The van der Waals surface area contributed by atoms with Crippen molar-refractivity contribution in [1.82, 2.24) is 10.3 Å². The number of nitrogens with one attached hydrogen (secondary N) is 2. The number of ether oxygens (including phenoxy) is 1. The summed E-state index contributed by atoms with van der Waals surface area (Å²) in [6, 6.07) is 8.81. The summed E-state index contributed by atoms with van der Waals surface area (Å²) < 4.78 is 5.39. The van der Waals surface area contributed by atoms with E-state index >= 15 is 0 Å². The second-order valence-corrected chi connectivity index (χ2v) is 4.89. The molecule has 1 aromatic carbocycles. The van der Waals surface area contributed by atoms with Crippen LogP contribution in [0.4, 0.5) is 5.69 Å². The van der Waals surface area contributed by atoms with E-state index in [9.17, 15) is 0 Å². The normalized spacial score (nSPS) is 16.5. The summed E-state index contributed by atoms with van der Waals surface area (Å²) in [5.41, 5.74) is 1.12. The highest BCUT2D eigenvalue weighted by Gasteiger charge is 2.15. The molecular formula is C15H19N3O. The van der Waals surface area contributed by atoms with Crippen LogP contribution in [-0.2, 0) is 0 Å². The Balaban J connectivity index is 1.97. The molecule has 2 N–H and O–H groups in total. The van der Waals surface area contributed by atoms with Crippen molar-refractivity contribution in [3.05, 3.63) is 30.5 Å². The van der Waals surface area contributed by atoms with Crippen molar-refractivity contribution in [3.63, 3.8) is 0 Å². The van der Waals surface area contributed by atoms with Gasteiger partial charge in [-0.15, -0.1) is 0 Å². The Morgan fingerprint density at radius 1 is 1.26 bits per heavy atom. The Labute approximate surface area is 113 Å². The number of pyridine rings is 1. The molecule has 4 heteroatoms. The first-order chi connectivity index (χ1) is 9.38. The number of anilines is 1. The van der Waals surface area contributed by atoms with Gasteiger partial charge in [0.05, 0.1) is 12.5 Å². The van der Waals surface area contributed by atoms with Crippen molar-refractivity contribution >= 4 is 16.5 Å². The van der Waals surface area contributed by atoms with Crippen LogP contribution in [0.3, 0.4) is 0 Å². The first-order valence-corrected chi connectivity index (χ1v) is 6.77. The summed E-state index contributed by atoms with van der Waals surface area (Å²) in [6.07, 6.45) is 4.09. The molecule has 0 unspecified atom stereocenters. The quantitative estimate of drug-likeness (QED) is 0.886. The molecule has 0 spiro atoms. The SMILES string of the molecule is COc1nccc2cccc(NC3CCNCC3)c12. The fraction of sp³-hybridized carbons (Fsp3) is 0.400. The molecule has 100 valence electrons. The number of fused-ring (bicyclic) bond motifs is 1.